The van der Waals surface area contributed by atoms with Crippen LogP contribution >= 0.6 is 12.2 Å². The van der Waals surface area contributed by atoms with Gasteiger partial charge < -0.3 is 11.1 Å². The molecular weight excluding hydrogens is 232 g/mol. The first-order valence-corrected chi connectivity index (χ1v) is 7.06. The standard InChI is InChI=1S/C13H22N2OS/c1-9(8-10-4-5-10)15-12(16)13(11(14)17)6-2-3-7-13/h9-10H,2-8H2,1H3,(H2,14,17)(H,15,16). The van der Waals surface area contributed by atoms with E-state index < -0.39 is 5.41 Å². The van der Waals surface area contributed by atoms with Crippen molar-refractivity contribution in [2.45, 2.75) is 57.9 Å². The fraction of sp³-hybridized carbons (Fsp3) is 0.846. The molecule has 0 aliphatic heterocycles. The molecule has 2 fully saturated rings. The molecule has 2 rings (SSSR count). The van der Waals surface area contributed by atoms with Crippen molar-refractivity contribution >= 4 is 23.1 Å². The molecule has 0 aromatic heterocycles. The first kappa shape index (κ1) is 12.8. The van der Waals surface area contributed by atoms with Crippen LogP contribution in [0.25, 0.3) is 0 Å². The molecule has 3 nitrogen and oxygen atoms in total. The summed E-state index contributed by atoms with van der Waals surface area (Å²) in [6, 6.07) is 0.252. The molecule has 17 heavy (non-hydrogen) atoms. The smallest absolute Gasteiger partial charge is 0.233 e. The number of thiocarbonyl (C=S) groups is 1. The van der Waals surface area contributed by atoms with Gasteiger partial charge >= 0.3 is 0 Å². The third-order valence-corrected chi connectivity index (χ3v) is 4.52. The van der Waals surface area contributed by atoms with E-state index in [-0.39, 0.29) is 11.9 Å². The summed E-state index contributed by atoms with van der Waals surface area (Å²) in [5.41, 5.74) is 5.25. The Hall–Kier alpha value is -0.640. The lowest BCUT2D eigenvalue weighted by Gasteiger charge is -2.28. The van der Waals surface area contributed by atoms with Crippen molar-refractivity contribution in [2.75, 3.05) is 0 Å². The Labute approximate surface area is 109 Å². The number of rotatable bonds is 5. The van der Waals surface area contributed by atoms with Gasteiger partial charge in [0.05, 0.1) is 10.4 Å². The zero-order chi connectivity index (χ0) is 12.5. The minimum Gasteiger partial charge on any atom is -0.392 e. The second-order valence-electron chi connectivity index (χ2n) is 5.71. The number of nitrogens with one attached hydrogen (secondary N) is 1. The summed E-state index contributed by atoms with van der Waals surface area (Å²) in [4.78, 5) is 12.7. The fourth-order valence-electron chi connectivity index (χ4n) is 2.84. The highest BCUT2D eigenvalue weighted by molar-refractivity contribution is 7.80. The van der Waals surface area contributed by atoms with Crippen molar-refractivity contribution in [1.29, 1.82) is 0 Å². The average molecular weight is 254 g/mol. The maximum atomic E-state index is 12.3. The lowest BCUT2D eigenvalue weighted by molar-refractivity contribution is -0.128. The minimum atomic E-state index is -0.548. The Morgan fingerprint density at radius 1 is 1.47 bits per heavy atom. The summed E-state index contributed by atoms with van der Waals surface area (Å²) >= 11 is 5.11. The van der Waals surface area contributed by atoms with Gasteiger partial charge in [-0.15, -0.1) is 0 Å². The second-order valence-corrected chi connectivity index (χ2v) is 6.15. The summed E-state index contributed by atoms with van der Waals surface area (Å²) in [7, 11) is 0. The Kier molecular flexibility index (Phi) is 3.71. The molecule has 0 bridgehead atoms. The lowest BCUT2D eigenvalue weighted by Crippen LogP contribution is -2.49. The van der Waals surface area contributed by atoms with Crippen molar-refractivity contribution < 1.29 is 4.79 Å². The quantitative estimate of drug-likeness (QED) is 0.739. The van der Waals surface area contributed by atoms with Gasteiger partial charge in [0.2, 0.25) is 5.91 Å². The van der Waals surface area contributed by atoms with Crippen LogP contribution in [0.1, 0.15) is 51.9 Å². The van der Waals surface area contributed by atoms with Gasteiger partial charge in [-0.05, 0) is 32.1 Å². The van der Waals surface area contributed by atoms with Crippen LogP contribution in [0.5, 0.6) is 0 Å². The van der Waals surface area contributed by atoms with E-state index in [9.17, 15) is 4.79 Å². The Morgan fingerprint density at radius 2 is 2.06 bits per heavy atom. The van der Waals surface area contributed by atoms with Crippen LogP contribution in [0.15, 0.2) is 0 Å². The Morgan fingerprint density at radius 3 is 2.53 bits per heavy atom. The second kappa shape index (κ2) is 4.92. The van der Waals surface area contributed by atoms with E-state index >= 15 is 0 Å². The first-order chi connectivity index (χ1) is 8.04. The molecule has 0 heterocycles. The molecule has 1 atom stereocenters. The maximum Gasteiger partial charge on any atom is 0.233 e. The van der Waals surface area contributed by atoms with E-state index in [1.54, 1.807) is 0 Å². The van der Waals surface area contributed by atoms with Gasteiger partial charge in [-0.25, -0.2) is 0 Å². The average Bonchev–Trinajstić information content (AvgIpc) is 2.92. The maximum absolute atomic E-state index is 12.3. The molecule has 1 unspecified atom stereocenters. The number of amides is 1. The van der Waals surface area contributed by atoms with E-state index in [0.29, 0.717) is 4.99 Å². The number of carbonyl (C=O) groups excluding carboxylic acids is 1. The van der Waals surface area contributed by atoms with Crippen molar-refractivity contribution in [3.05, 3.63) is 0 Å². The van der Waals surface area contributed by atoms with Crippen LogP contribution in [-0.4, -0.2) is 16.9 Å². The van der Waals surface area contributed by atoms with Gasteiger partial charge in [0.1, 0.15) is 0 Å². The van der Waals surface area contributed by atoms with Crippen LogP contribution in [0.4, 0.5) is 0 Å². The zero-order valence-electron chi connectivity index (χ0n) is 10.5. The molecule has 2 saturated carbocycles. The highest BCUT2D eigenvalue weighted by atomic mass is 32.1. The molecule has 2 aliphatic carbocycles. The van der Waals surface area contributed by atoms with Gasteiger partial charge in [-0.2, -0.15) is 0 Å². The number of hydrogen-bond donors (Lipinski definition) is 2. The van der Waals surface area contributed by atoms with Crippen LogP contribution < -0.4 is 11.1 Å². The van der Waals surface area contributed by atoms with E-state index in [1.165, 1.54) is 12.8 Å². The van der Waals surface area contributed by atoms with Gasteiger partial charge in [0, 0.05) is 6.04 Å². The molecular formula is C13H22N2OS. The van der Waals surface area contributed by atoms with E-state index in [0.717, 1.165) is 38.0 Å². The number of carbonyl (C=O) groups is 1. The number of nitrogens with two attached hydrogens (primary N) is 1. The van der Waals surface area contributed by atoms with Gasteiger partial charge in [-0.1, -0.05) is 37.9 Å². The molecule has 0 aromatic rings. The molecule has 0 saturated heterocycles. The van der Waals surface area contributed by atoms with Crippen molar-refractivity contribution in [3.63, 3.8) is 0 Å². The third kappa shape index (κ3) is 2.79. The molecule has 2 aliphatic rings. The van der Waals surface area contributed by atoms with Crippen LogP contribution in [0.3, 0.4) is 0 Å². The van der Waals surface area contributed by atoms with Crippen LogP contribution in [0.2, 0.25) is 0 Å². The van der Waals surface area contributed by atoms with Crippen molar-refractivity contribution in [3.8, 4) is 0 Å². The first-order valence-electron chi connectivity index (χ1n) is 6.65. The number of hydrogen-bond acceptors (Lipinski definition) is 2. The summed E-state index contributed by atoms with van der Waals surface area (Å²) in [5, 5.41) is 3.11. The monoisotopic (exact) mass is 254 g/mol. The van der Waals surface area contributed by atoms with Gasteiger partial charge in [-0.3, -0.25) is 4.79 Å². The summed E-state index contributed by atoms with van der Waals surface area (Å²) in [6.07, 6.45) is 7.50. The molecule has 3 N–H and O–H groups in total. The minimum absolute atomic E-state index is 0.0654. The Bertz CT molecular complexity index is 319. The van der Waals surface area contributed by atoms with Gasteiger partial charge in [0.15, 0.2) is 0 Å². The third-order valence-electron chi connectivity index (χ3n) is 4.12. The van der Waals surface area contributed by atoms with Crippen molar-refractivity contribution in [1.82, 2.24) is 5.32 Å². The summed E-state index contributed by atoms with van der Waals surface area (Å²) in [5.74, 6) is 0.894. The Balaban J connectivity index is 1.94. The highest BCUT2D eigenvalue weighted by Crippen LogP contribution is 2.39. The molecule has 0 aromatic carbocycles. The van der Waals surface area contributed by atoms with E-state index in [1.807, 2.05) is 0 Å². The van der Waals surface area contributed by atoms with E-state index in [2.05, 4.69) is 12.2 Å². The topological polar surface area (TPSA) is 55.1 Å². The summed E-state index contributed by atoms with van der Waals surface area (Å²) in [6.45, 7) is 2.08. The predicted molar refractivity (Wildman–Crippen MR) is 72.6 cm³/mol. The molecule has 0 radical (unpaired) electrons. The molecule has 1 amide bonds. The molecule has 0 spiro atoms. The summed E-state index contributed by atoms with van der Waals surface area (Å²) < 4.78 is 0. The van der Waals surface area contributed by atoms with Crippen LogP contribution in [0, 0.1) is 11.3 Å². The van der Waals surface area contributed by atoms with Crippen LogP contribution in [-0.2, 0) is 4.79 Å². The lowest BCUT2D eigenvalue weighted by atomic mass is 9.84. The fourth-order valence-corrected chi connectivity index (χ4v) is 3.14. The molecule has 4 heteroatoms. The van der Waals surface area contributed by atoms with E-state index in [4.69, 9.17) is 18.0 Å². The largest absolute Gasteiger partial charge is 0.392 e. The zero-order valence-corrected chi connectivity index (χ0v) is 11.3. The van der Waals surface area contributed by atoms with Gasteiger partial charge in [0.25, 0.3) is 0 Å². The van der Waals surface area contributed by atoms with Crippen molar-refractivity contribution in [2.24, 2.45) is 17.1 Å². The predicted octanol–water partition coefficient (Wildman–Crippen LogP) is 2.14. The molecule has 96 valence electrons. The normalized spacial score (nSPS) is 24.3. The highest BCUT2D eigenvalue weighted by Gasteiger charge is 2.44. The SMILES string of the molecule is CC(CC1CC1)NC(=O)C1(C(N)=S)CCCC1.